The number of para-hydroxylation sites is 1. The lowest BCUT2D eigenvalue weighted by Crippen LogP contribution is -2.33. The Balaban J connectivity index is 1.86. The average Bonchev–Trinajstić information content (AvgIpc) is 3.02. The van der Waals surface area contributed by atoms with Crippen LogP contribution in [0.2, 0.25) is 4.34 Å². The highest BCUT2D eigenvalue weighted by molar-refractivity contribution is 7.19. The van der Waals surface area contributed by atoms with Crippen molar-refractivity contribution >= 4 is 33.8 Å². The molecule has 2 heterocycles. The molecule has 4 rings (SSSR count). The summed E-state index contributed by atoms with van der Waals surface area (Å²) in [6.45, 7) is 0. The SMILES string of the molecule is O=c1[nH]c2ccccc2c(=O)n1-c1ccc(-c2ccc(Cl)s2)cc1. The lowest BCUT2D eigenvalue weighted by molar-refractivity contribution is 0.901. The van der Waals surface area contributed by atoms with Crippen molar-refractivity contribution in [1.29, 1.82) is 0 Å². The summed E-state index contributed by atoms with van der Waals surface area (Å²) in [6.07, 6.45) is 0. The summed E-state index contributed by atoms with van der Waals surface area (Å²) in [5.41, 5.74) is 1.26. The molecule has 4 nitrogen and oxygen atoms in total. The van der Waals surface area contributed by atoms with Gasteiger partial charge >= 0.3 is 5.69 Å². The molecule has 0 aliphatic carbocycles. The van der Waals surface area contributed by atoms with Gasteiger partial charge in [0.15, 0.2) is 0 Å². The van der Waals surface area contributed by atoms with Crippen molar-refractivity contribution in [3.8, 4) is 16.1 Å². The highest BCUT2D eigenvalue weighted by atomic mass is 35.5. The van der Waals surface area contributed by atoms with Crippen molar-refractivity contribution in [2.75, 3.05) is 0 Å². The van der Waals surface area contributed by atoms with Gasteiger partial charge in [-0.3, -0.25) is 4.79 Å². The van der Waals surface area contributed by atoms with Gasteiger partial charge in [0.1, 0.15) is 0 Å². The summed E-state index contributed by atoms with van der Waals surface area (Å²) in [5.74, 6) is 0. The van der Waals surface area contributed by atoms with Crippen molar-refractivity contribution in [2.45, 2.75) is 0 Å². The number of hydrogen-bond donors (Lipinski definition) is 1. The molecule has 118 valence electrons. The van der Waals surface area contributed by atoms with E-state index in [1.165, 1.54) is 11.3 Å². The van der Waals surface area contributed by atoms with E-state index in [1.54, 1.807) is 36.4 Å². The first-order chi connectivity index (χ1) is 11.6. The highest BCUT2D eigenvalue weighted by Gasteiger charge is 2.09. The Kier molecular flexibility index (Phi) is 3.59. The monoisotopic (exact) mass is 354 g/mol. The highest BCUT2D eigenvalue weighted by Crippen LogP contribution is 2.31. The third-order valence-electron chi connectivity index (χ3n) is 3.79. The predicted molar refractivity (Wildman–Crippen MR) is 98.5 cm³/mol. The van der Waals surface area contributed by atoms with Crippen LogP contribution >= 0.6 is 22.9 Å². The quantitative estimate of drug-likeness (QED) is 0.590. The van der Waals surface area contributed by atoms with Crippen LogP contribution in [0.1, 0.15) is 0 Å². The summed E-state index contributed by atoms with van der Waals surface area (Å²) >= 11 is 7.44. The minimum Gasteiger partial charge on any atom is -0.306 e. The van der Waals surface area contributed by atoms with Crippen LogP contribution in [0.4, 0.5) is 0 Å². The number of benzene rings is 2. The number of hydrogen-bond acceptors (Lipinski definition) is 3. The van der Waals surface area contributed by atoms with Crippen LogP contribution in [0.5, 0.6) is 0 Å². The fourth-order valence-electron chi connectivity index (χ4n) is 2.64. The second-order valence-corrected chi connectivity index (χ2v) is 6.98. The lowest BCUT2D eigenvalue weighted by Gasteiger charge is -2.07. The van der Waals surface area contributed by atoms with Crippen molar-refractivity contribution in [1.82, 2.24) is 9.55 Å². The van der Waals surface area contributed by atoms with E-state index in [4.69, 9.17) is 11.6 Å². The molecule has 0 saturated heterocycles. The lowest BCUT2D eigenvalue weighted by atomic mass is 10.1. The number of fused-ring (bicyclic) bond motifs is 1. The van der Waals surface area contributed by atoms with E-state index >= 15 is 0 Å². The molecule has 0 radical (unpaired) electrons. The molecule has 0 fully saturated rings. The maximum atomic E-state index is 12.6. The van der Waals surface area contributed by atoms with Crippen molar-refractivity contribution < 1.29 is 0 Å². The summed E-state index contributed by atoms with van der Waals surface area (Å²) < 4.78 is 1.87. The summed E-state index contributed by atoms with van der Waals surface area (Å²) in [4.78, 5) is 28.7. The van der Waals surface area contributed by atoms with Crippen LogP contribution in [-0.2, 0) is 0 Å². The van der Waals surface area contributed by atoms with E-state index in [0.29, 0.717) is 16.6 Å². The van der Waals surface area contributed by atoms with Crippen LogP contribution in [0.15, 0.2) is 70.3 Å². The number of halogens is 1. The Morgan fingerprint density at radius 1 is 0.917 bits per heavy atom. The second-order valence-electron chi connectivity index (χ2n) is 5.27. The molecule has 0 saturated carbocycles. The van der Waals surface area contributed by atoms with Gasteiger partial charge < -0.3 is 4.98 Å². The molecule has 2 aromatic carbocycles. The normalized spacial score (nSPS) is 11.0. The van der Waals surface area contributed by atoms with Gasteiger partial charge in [-0.1, -0.05) is 35.9 Å². The van der Waals surface area contributed by atoms with Gasteiger partial charge in [0.25, 0.3) is 5.56 Å². The van der Waals surface area contributed by atoms with Crippen molar-refractivity contribution in [3.63, 3.8) is 0 Å². The third kappa shape index (κ3) is 2.48. The fourth-order valence-corrected chi connectivity index (χ4v) is 3.69. The van der Waals surface area contributed by atoms with Crippen LogP contribution in [0.25, 0.3) is 27.0 Å². The maximum absolute atomic E-state index is 12.6. The summed E-state index contributed by atoms with van der Waals surface area (Å²) in [7, 11) is 0. The molecular weight excluding hydrogens is 344 g/mol. The number of nitrogens with one attached hydrogen (secondary N) is 1. The Bertz CT molecular complexity index is 1160. The standard InChI is InChI=1S/C18H11ClN2O2S/c19-16-10-9-15(24-16)11-5-7-12(8-6-11)21-17(22)13-3-1-2-4-14(13)20-18(21)23/h1-10H,(H,20,23). The molecule has 0 aliphatic heterocycles. The predicted octanol–water partition coefficient (Wildman–Crippen LogP) is 4.06. The number of nitrogens with zero attached hydrogens (tertiary/aromatic N) is 1. The molecule has 0 spiro atoms. The van der Waals surface area contributed by atoms with Crippen LogP contribution < -0.4 is 11.2 Å². The molecule has 0 bridgehead atoms. The number of aromatic nitrogens is 2. The van der Waals surface area contributed by atoms with Gasteiger partial charge in [-0.05, 0) is 42.0 Å². The molecule has 1 N–H and O–H groups in total. The van der Waals surface area contributed by atoms with Gasteiger partial charge in [-0.25, -0.2) is 9.36 Å². The van der Waals surface area contributed by atoms with Crippen molar-refractivity contribution in [3.05, 3.63) is 85.8 Å². The topological polar surface area (TPSA) is 54.9 Å². The summed E-state index contributed by atoms with van der Waals surface area (Å²) in [5, 5.41) is 0.478. The third-order valence-corrected chi connectivity index (χ3v) is 5.07. The molecule has 0 amide bonds. The Labute approximate surface area is 145 Å². The number of thiophene rings is 1. The van der Waals surface area contributed by atoms with Gasteiger partial charge in [0.2, 0.25) is 0 Å². The first-order valence-electron chi connectivity index (χ1n) is 7.24. The molecule has 2 aromatic heterocycles. The minimum absolute atomic E-state index is 0.332. The molecule has 0 unspecified atom stereocenters. The minimum atomic E-state index is -0.453. The second kappa shape index (κ2) is 5.78. The zero-order chi connectivity index (χ0) is 16.7. The number of H-pyrrole nitrogens is 1. The van der Waals surface area contributed by atoms with Gasteiger partial charge in [-0.15, -0.1) is 11.3 Å². The van der Waals surface area contributed by atoms with Gasteiger partial charge in [-0.2, -0.15) is 0 Å². The summed E-state index contributed by atoms with van der Waals surface area (Å²) in [6, 6.07) is 18.0. The van der Waals surface area contributed by atoms with E-state index in [9.17, 15) is 9.59 Å². The molecule has 24 heavy (non-hydrogen) atoms. The number of aromatic amines is 1. The smallest absolute Gasteiger partial charge is 0.306 e. The van der Waals surface area contributed by atoms with E-state index in [2.05, 4.69) is 4.98 Å². The molecule has 0 atom stereocenters. The van der Waals surface area contributed by atoms with Crippen LogP contribution in [-0.4, -0.2) is 9.55 Å². The van der Waals surface area contributed by atoms with Crippen LogP contribution in [0, 0.1) is 0 Å². The van der Waals surface area contributed by atoms with E-state index < -0.39 is 5.69 Å². The van der Waals surface area contributed by atoms with Gasteiger partial charge in [0.05, 0.1) is 20.9 Å². The average molecular weight is 355 g/mol. The largest absolute Gasteiger partial charge is 0.333 e. The Hall–Kier alpha value is -2.63. The zero-order valence-electron chi connectivity index (χ0n) is 12.3. The Morgan fingerprint density at radius 2 is 1.67 bits per heavy atom. The van der Waals surface area contributed by atoms with Crippen LogP contribution in [0.3, 0.4) is 0 Å². The zero-order valence-corrected chi connectivity index (χ0v) is 13.9. The maximum Gasteiger partial charge on any atom is 0.333 e. The van der Waals surface area contributed by atoms with E-state index in [1.807, 2.05) is 24.3 Å². The fraction of sp³-hybridized carbons (Fsp3) is 0. The number of rotatable bonds is 2. The molecule has 0 aliphatic rings. The van der Waals surface area contributed by atoms with E-state index in [-0.39, 0.29) is 5.56 Å². The van der Waals surface area contributed by atoms with E-state index in [0.717, 1.165) is 19.3 Å². The molecular formula is C18H11ClN2O2S. The first kappa shape index (κ1) is 14.9. The van der Waals surface area contributed by atoms with Gasteiger partial charge in [0, 0.05) is 4.88 Å². The molecule has 4 aromatic rings. The first-order valence-corrected chi connectivity index (χ1v) is 8.43. The Morgan fingerprint density at radius 3 is 2.38 bits per heavy atom. The van der Waals surface area contributed by atoms with Crippen molar-refractivity contribution in [2.24, 2.45) is 0 Å². The molecule has 6 heteroatoms.